The van der Waals surface area contributed by atoms with Crippen molar-refractivity contribution in [2.75, 3.05) is 18.0 Å². The number of amides is 1. The van der Waals surface area contributed by atoms with Gasteiger partial charge in [0.25, 0.3) is 0 Å². The molecule has 1 aliphatic rings. The van der Waals surface area contributed by atoms with E-state index in [1.807, 2.05) is 42.5 Å². The number of carbonyl (C=O) groups is 1. The highest BCUT2D eigenvalue weighted by molar-refractivity contribution is 5.91. The molecule has 5 nitrogen and oxygen atoms in total. The zero-order valence-electron chi connectivity index (χ0n) is 17.1. The lowest BCUT2D eigenvalue weighted by Gasteiger charge is -2.33. The highest BCUT2D eigenvalue weighted by Gasteiger charge is 2.25. The number of benzene rings is 2. The number of fused-ring (bicyclic) bond motifs is 1. The van der Waals surface area contributed by atoms with Crippen LogP contribution < -0.4 is 10.2 Å². The van der Waals surface area contributed by atoms with E-state index in [1.54, 1.807) is 6.08 Å². The molecule has 5 heteroatoms. The Kier molecular flexibility index (Phi) is 5.65. The monoisotopic (exact) mass is 388 g/mol. The molecule has 2 aromatic carbocycles. The first-order valence-electron chi connectivity index (χ1n) is 10.4. The first-order valence-corrected chi connectivity index (χ1v) is 10.4. The number of hydrogen-bond donors (Lipinski definition) is 1. The molecule has 1 N–H and O–H groups in total. The lowest BCUT2D eigenvalue weighted by molar-refractivity contribution is -0.117. The molecule has 1 amide bonds. The van der Waals surface area contributed by atoms with Crippen LogP contribution in [0.2, 0.25) is 0 Å². The second-order valence-electron chi connectivity index (χ2n) is 7.88. The summed E-state index contributed by atoms with van der Waals surface area (Å²) in [6.07, 6.45) is 5.33. The summed E-state index contributed by atoms with van der Waals surface area (Å²) in [5, 5.41) is 3.15. The molecule has 0 unspecified atom stereocenters. The Hall–Kier alpha value is -3.08. The van der Waals surface area contributed by atoms with Gasteiger partial charge in [-0.25, -0.2) is 4.98 Å². The third kappa shape index (κ3) is 4.34. The SMILES string of the molecule is CC(C)n1c(N2CCC(NC(=O)/C=C/c3ccccc3)CC2)nc2ccccc21. The molecule has 150 valence electrons. The molecule has 0 bridgehead atoms. The predicted molar refractivity (Wildman–Crippen MR) is 119 cm³/mol. The van der Waals surface area contributed by atoms with Crippen molar-refractivity contribution in [2.24, 2.45) is 0 Å². The average molecular weight is 389 g/mol. The van der Waals surface area contributed by atoms with Gasteiger partial charge >= 0.3 is 0 Å². The molecule has 29 heavy (non-hydrogen) atoms. The van der Waals surface area contributed by atoms with Crippen LogP contribution in [0, 0.1) is 0 Å². The minimum atomic E-state index is -0.0262. The molecular weight excluding hydrogens is 360 g/mol. The van der Waals surface area contributed by atoms with Crippen molar-refractivity contribution < 1.29 is 4.79 Å². The number of hydrogen-bond acceptors (Lipinski definition) is 3. The number of piperidine rings is 1. The summed E-state index contributed by atoms with van der Waals surface area (Å²) >= 11 is 0. The fraction of sp³-hybridized carbons (Fsp3) is 0.333. The Labute approximate surface area is 172 Å². The molecule has 1 fully saturated rings. The molecule has 3 aromatic rings. The highest BCUT2D eigenvalue weighted by atomic mass is 16.1. The average Bonchev–Trinajstić information content (AvgIpc) is 3.13. The van der Waals surface area contributed by atoms with Gasteiger partial charge in [0.1, 0.15) is 0 Å². The van der Waals surface area contributed by atoms with Gasteiger partial charge in [-0.1, -0.05) is 42.5 Å². The minimum absolute atomic E-state index is 0.0262. The van der Waals surface area contributed by atoms with Crippen LogP contribution in [0.15, 0.2) is 60.7 Å². The van der Waals surface area contributed by atoms with Crippen LogP contribution in [0.1, 0.15) is 38.3 Å². The smallest absolute Gasteiger partial charge is 0.244 e. The summed E-state index contributed by atoms with van der Waals surface area (Å²) in [5.74, 6) is 1.01. The summed E-state index contributed by atoms with van der Waals surface area (Å²) in [6, 6.07) is 18.8. The van der Waals surface area contributed by atoms with Gasteiger partial charge in [-0.2, -0.15) is 0 Å². The van der Waals surface area contributed by atoms with E-state index in [0.29, 0.717) is 6.04 Å². The fourth-order valence-corrected chi connectivity index (χ4v) is 3.97. The van der Waals surface area contributed by atoms with Crippen LogP contribution >= 0.6 is 0 Å². The molecule has 0 radical (unpaired) electrons. The second kappa shape index (κ2) is 8.52. The van der Waals surface area contributed by atoms with Gasteiger partial charge in [0.05, 0.1) is 11.0 Å². The van der Waals surface area contributed by atoms with Gasteiger partial charge in [-0.15, -0.1) is 0 Å². The number of rotatable bonds is 5. The van der Waals surface area contributed by atoms with Crippen molar-refractivity contribution in [1.82, 2.24) is 14.9 Å². The molecule has 2 heterocycles. The van der Waals surface area contributed by atoms with Crippen LogP contribution in [0.4, 0.5) is 5.95 Å². The van der Waals surface area contributed by atoms with Crippen molar-refractivity contribution in [3.05, 3.63) is 66.2 Å². The maximum atomic E-state index is 12.3. The van der Waals surface area contributed by atoms with Gasteiger partial charge in [0, 0.05) is 31.2 Å². The van der Waals surface area contributed by atoms with Crippen molar-refractivity contribution in [3.8, 4) is 0 Å². The first kappa shape index (κ1) is 19.2. The van der Waals surface area contributed by atoms with E-state index in [-0.39, 0.29) is 11.9 Å². The number of para-hydroxylation sites is 2. The lowest BCUT2D eigenvalue weighted by atomic mass is 10.1. The van der Waals surface area contributed by atoms with Crippen LogP contribution in [0.25, 0.3) is 17.1 Å². The van der Waals surface area contributed by atoms with Gasteiger partial charge in [-0.3, -0.25) is 4.79 Å². The van der Waals surface area contributed by atoms with E-state index in [1.165, 1.54) is 5.52 Å². The van der Waals surface area contributed by atoms with Crippen LogP contribution in [-0.2, 0) is 4.79 Å². The van der Waals surface area contributed by atoms with E-state index in [0.717, 1.165) is 43.0 Å². The van der Waals surface area contributed by atoms with E-state index >= 15 is 0 Å². The maximum Gasteiger partial charge on any atom is 0.244 e. The van der Waals surface area contributed by atoms with E-state index in [9.17, 15) is 4.79 Å². The topological polar surface area (TPSA) is 50.2 Å². The van der Waals surface area contributed by atoms with Gasteiger partial charge < -0.3 is 14.8 Å². The highest BCUT2D eigenvalue weighted by Crippen LogP contribution is 2.28. The number of imidazole rings is 1. The molecular formula is C24H28N4O. The van der Waals surface area contributed by atoms with Crippen molar-refractivity contribution >= 4 is 29.0 Å². The third-order valence-corrected chi connectivity index (χ3v) is 5.44. The molecule has 0 saturated carbocycles. The number of anilines is 1. The molecule has 0 aliphatic carbocycles. The normalized spacial score (nSPS) is 15.5. The number of carbonyl (C=O) groups excluding carboxylic acids is 1. The molecule has 1 aromatic heterocycles. The third-order valence-electron chi connectivity index (χ3n) is 5.44. The molecule has 1 saturated heterocycles. The van der Waals surface area contributed by atoms with Gasteiger partial charge in [0.2, 0.25) is 11.9 Å². The molecule has 0 spiro atoms. The van der Waals surface area contributed by atoms with Gasteiger partial charge in [0.15, 0.2) is 0 Å². The van der Waals surface area contributed by atoms with E-state index in [2.05, 4.69) is 46.8 Å². The first-order chi connectivity index (χ1) is 14.1. The number of nitrogens with zero attached hydrogens (tertiary/aromatic N) is 3. The summed E-state index contributed by atoms with van der Waals surface area (Å²) in [7, 11) is 0. The van der Waals surface area contributed by atoms with Crippen LogP contribution in [-0.4, -0.2) is 34.6 Å². The quantitative estimate of drug-likeness (QED) is 0.659. The van der Waals surface area contributed by atoms with E-state index < -0.39 is 0 Å². The second-order valence-corrected chi connectivity index (χ2v) is 7.88. The molecule has 4 rings (SSSR count). The predicted octanol–water partition coefficient (Wildman–Crippen LogP) is 4.42. The van der Waals surface area contributed by atoms with Crippen LogP contribution in [0.5, 0.6) is 0 Å². The zero-order chi connectivity index (χ0) is 20.2. The van der Waals surface area contributed by atoms with Crippen molar-refractivity contribution in [3.63, 3.8) is 0 Å². The van der Waals surface area contributed by atoms with E-state index in [4.69, 9.17) is 4.98 Å². The fourth-order valence-electron chi connectivity index (χ4n) is 3.97. The Morgan fingerprint density at radius 1 is 1.07 bits per heavy atom. The summed E-state index contributed by atoms with van der Waals surface area (Å²) in [4.78, 5) is 19.5. The minimum Gasteiger partial charge on any atom is -0.350 e. The van der Waals surface area contributed by atoms with Crippen molar-refractivity contribution in [1.29, 1.82) is 0 Å². The Bertz CT molecular complexity index is 998. The zero-order valence-corrected chi connectivity index (χ0v) is 17.1. The molecule has 1 aliphatic heterocycles. The van der Waals surface area contributed by atoms with Crippen molar-refractivity contribution in [2.45, 2.75) is 38.8 Å². The largest absolute Gasteiger partial charge is 0.350 e. The summed E-state index contributed by atoms with van der Waals surface area (Å²) in [5.41, 5.74) is 3.25. The Morgan fingerprint density at radius 2 is 1.76 bits per heavy atom. The Morgan fingerprint density at radius 3 is 2.48 bits per heavy atom. The van der Waals surface area contributed by atoms with Gasteiger partial charge in [-0.05, 0) is 50.5 Å². The molecule has 0 atom stereocenters. The lowest BCUT2D eigenvalue weighted by Crippen LogP contribution is -2.45. The summed E-state index contributed by atoms with van der Waals surface area (Å²) in [6.45, 7) is 6.18. The Balaban J connectivity index is 1.39. The maximum absolute atomic E-state index is 12.3. The standard InChI is InChI=1S/C24H28N4O/c1-18(2)28-22-11-7-6-10-21(22)26-24(28)27-16-14-20(15-17-27)25-23(29)13-12-19-8-4-3-5-9-19/h3-13,18,20H,14-17H2,1-2H3,(H,25,29)/b13-12+. The number of aromatic nitrogens is 2. The van der Waals surface area contributed by atoms with Crippen LogP contribution in [0.3, 0.4) is 0 Å². The summed E-state index contributed by atoms with van der Waals surface area (Å²) < 4.78 is 2.32. The number of nitrogens with one attached hydrogen (secondary N) is 1.